The first kappa shape index (κ1) is 16.7. The summed E-state index contributed by atoms with van der Waals surface area (Å²) in [6.45, 7) is 13.7. The van der Waals surface area contributed by atoms with Gasteiger partial charge in [-0.05, 0) is 72.6 Å². The second kappa shape index (κ2) is 7.61. The van der Waals surface area contributed by atoms with E-state index in [1.54, 1.807) is 0 Å². The first-order chi connectivity index (χ1) is 10.6. The van der Waals surface area contributed by atoms with E-state index in [2.05, 4.69) is 40.5 Å². The molecule has 0 aromatic carbocycles. The molecule has 1 unspecified atom stereocenters. The predicted octanol–water partition coefficient (Wildman–Crippen LogP) is 1.92. The van der Waals surface area contributed by atoms with Crippen LogP contribution in [0.4, 0.5) is 0 Å². The van der Waals surface area contributed by atoms with Gasteiger partial charge in [-0.25, -0.2) is 0 Å². The SMILES string of the molecule is CC(C)N1CCC(N2CCN(CCC3CCCN3C)C2)CC1. The van der Waals surface area contributed by atoms with Crippen LogP contribution in [0.5, 0.6) is 0 Å². The molecule has 0 aliphatic carbocycles. The molecule has 3 heterocycles. The lowest BCUT2D eigenvalue weighted by molar-refractivity contribution is 0.0941. The third-order valence-electron chi connectivity index (χ3n) is 6.28. The summed E-state index contributed by atoms with van der Waals surface area (Å²) < 4.78 is 0. The normalized spacial score (nSPS) is 30.8. The zero-order valence-corrected chi connectivity index (χ0v) is 15.0. The number of likely N-dealkylation sites (tertiary alicyclic amines) is 2. The van der Waals surface area contributed by atoms with Gasteiger partial charge in [0.25, 0.3) is 0 Å². The van der Waals surface area contributed by atoms with Crippen molar-refractivity contribution in [3.05, 3.63) is 0 Å². The van der Waals surface area contributed by atoms with E-state index in [0.717, 1.165) is 18.1 Å². The fourth-order valence-corrected chi connectivity index (χ4v) is 4.59. The minimum absolute atomic E-state index is 0.722. The molecule has 128 valence electrons. The monoisotopic (exact) mass is 308 g/mol. The van der Waals surface area contributed by atoms with Crippen LogP contribution in [-0.4, -0.2) is 90.7 Å². The van der Waals surface area contributed by atoms with Gasteiger partial charge in [-0.3, -0.25) is 9.80 Å². The van der Waals surface area contributed by atoms with Crippen LogP contribution in [0.3, 0.4) is 0 Å². The highest BCUT2D eigenvalue weighted by atomic mass is 15.4. The molecule has 4 nitrogen and oxygen atoms in total. The molecule has 3 aliphatic heterocycles. The molecule has 0 bridgehead atoms. The van der Waals surface area contributed by atoms with Crippen LogP contribution < -0.4 is 0 Å². The van der Waals surface area contributed by atoms with Gasteiger partial charge in [0.15, 0.2) is 0 Å². The van der Waals surface area contributed by atoms with Gasteiger partial charge in [0.05, 0.1) is 6.67 Å². The van der Waals surface area contributed by atoms with Gasteiger partial charge in [0, 0.05) is 37.8 Å². The highest BCUT2D eigenvalue weighted by Crippen LogP contribution is 2.22. The molecule has 3 aliphatic rings. The molecule has 0 N–H and O–H groups in total. The van der Waals surface area contributed by atoms with Gasteiger partial charge in [0.2, 0.25) is 0 Å². The first-order valence-corrected chi connectivity index (χ1v) is 9.54. The fourth-order valence-electron chi connectivity index (χ4n) is 4.59. The van der Waals surface area contributed by atoms with Crippen molar-refractivity contribution in [1.29, 1.82) is 0 Å². The fraction of sp³-hybridized carbons (Fsp3) is 1.00. The summed E-state index contributed by atoms with van der Waals surface area (Å²) in [6, 6.07) is 2.41. The van der Waals surface area contributed by atoms with Crippen LogP contribution in [0, 0.1) is 0 Å². The Kier molecular flexibility index (Phi) is 5.77. The highest BCUT2D eigenvalue weighted by molar-refractivity contribution is 4.85. The van der Waals surface area contributed by atoms with E-state index in [-0.39, 0.29) is 0 Å². The highest BCUT2D eigenvalue weighted by Gasteiger charge is 2.30. The van der Waals surface area contributed by atoms with Gasteiger partial charge in [0.1, 0.15) is 0 Å². The maximum Gasteiger partial charge on any atom is 0.0509 e. The largest absolute Gasteiger partial charge is 0.303 e. The van der Waals surface area contributed by atoms with E-state index in [9.17, 15) is 0 Å². The minimum Gasteiger partial charge on any atom is -0.303 e. The Bertz CT molecular complexity index is 338. The Labute approximate surface area is 137 Å². The molecule has 0 saturated carbocycles. The van der Waals surface area contributed by atoms with Crippen LogP contribution in [-0.2, 0) is 0 Å². The Hall–Kier alpha value is -0.160. The summed E-state index contributed by atoms with van der Waals surface area (Å²) in [7, 11) is 2.30. The van der Waals surface area contributed by atoms with Crippen molar-refractivity contribution in [1.82, 2.24) is 19.6 Å². The Morgan fingerprint density at radius 3 is 2.36 bits per heavy atom. The number of rotatable bonds is 5. The molecule has 1 atom stereocenters. The molecule has 22 heavy (non-hydrogen) atoms. The van der Waals surface area contributed by atoms with E-state index >= 15 is 0 Å². The zero-order valence-electron chi connectivity index (χ0n) is 15.0. The Balaban J connectivity index is 1.37. The molecule has 0 spiro atoms. The van der Waals surface area contributed by atoms with Crippen molar-refractivity contribution < 1.29 is 0 Å². The number of nitrogens with zero attached hydrogens (tertiary/aromatic N) is 4. The minimum atomic E-state index is 0.722. The molecule has 3 fully saturated rings. The second-order valence-corrected chi connectivity index (χ2v) is 8.00. The van der Waals surface area contributed by atoms with Gasteiger partial charge >= 0.3 is 0 Å². The van der Waals surface area contributed by atoms with Gasteiger partial charge in [-0.15, -0.1) is 0 Å². The third-order valence-corrected chi connectivity index (χ3v) is 6.28. The van der Waals surface area contributed by atoms with E-state index in [1.807, 2.05) is 0 Å². The van der Waals surface area contributed by atoms with E-state index < -0.39 is 0 Å². The summed E-state index contributed by atoms with van der Waals surface area (Å²) in [6.07, 6.45) is 6.94. The molecule has 4 heteroatoms. The van der Waals surface area contributed by atoms with Crippen molar-refractivity contribution in [3.8, 4) is 0 Å². The second-order valence-electron chi connectivity index (χ2n) is 8.00. The summed E-state index contributed by atoms with van der Waals surface area (Å²) in [5.74, 6) is 0. The predicted molar refractivity (Wildman–Crippen MR) is 93.1 cm³/mol. The van der Waals surface area contributed by atoms with Crippen molar-refractivity contribution in [2.24, 2.45) is 0 Å². The molecule has 3 rings (SSSR count). The van der Waals surface area contributed by atoms with Crippen LogP contribution in [0.25, 0.3) is 0 Å². The maximum absolute atomic E-state index is 2.76. The lowest BCUT2D eigenvalue weighted by Gasteiger charge is -2.38. The average molecular weight is 309 g/mol. The molecule has 0 aromatic rings. The summed E-state index contributed by atoms with van der Waals surface area (Å²) in [4.78, 5) is 10.7. The maximum atomic E-state index is 2.76. The van der Waals surface area contributed by atoms with Crippen molar-refractivity contribution >= 4 is 0 Å². The van der Waals surface area contributed by atoms with Gasteiger partial charge < -0.3 is 9.80 Å². The smallest absolute Gasteiger partial charge is 0.0509 e. The van der Waals surface area contributed by atoms with Crippen molar-refractivity contribution in [2.45, 2.75) is 64.1 Å². The molecule has 0 amide bonds. The lowest BCUT2D eigenvalue weighted by atomic mass is 10.0. The summed E-state index contributed by atoms with van der Waals surface area (Å²) >= 11 is 0. The van der Waals surface area contributed by atoms with Crippen molar-refractivity contribution in [2.75, 3.05) is 53.0 Å². The molecule has 3 saturated heterocycles. The zero-order chi connectivity index (χ0) is 15.5. The van der Waals surface area contributed by atoms with E-state index in [0.29, 0.717) is 0 Å². The van der Waals surface area contributed by atoms with E-state index in [1.165, 1.54) is 78.0 Å². The lowest BCUT2D eigenvalue weighted by Crippen LogP contribution is -2.46. The quantitative estimate of drug-likeness (QED) is 0.769. The van der Waals surface area contributed by atoms with Gasteiger partial charge in [-0.1, -0.05) is 0 Å². The summed E-state index contributed by atoms with van der Waals surface area (Å²) in [5.41, 5.74) is 0. The van der Waals surface area contributed by atoms with Gasteiger partial charge in [-0.2, -0.15) is 0 Å². The first-order valence-electron chi connectivity index (χ1n) is 9.54. The molecular formula is C18H36N4. The van der Waals surface area contributed by atoms with Crippen LogP contribution in [0.15, 0.2) is 0 Å². The standard InChI is InChI=1S/C18H36N4/c1-16(2)21-11-7-18(8-12-21)22-14-13-20(15-22)10-6-17-5-4-9-19(17)3/h16-18H,4-15H2,1-3H3. The van der Waals surface area contributed by atoms with Crippen LogP contribution >= 0.6 is 0 Å². The Morgan fingerprint density at radius 2 is 1.73 bits per heavy atom. The van der Waals surface area contributed by atoms with Crippen LogP contribution in [0.1, 0.15) is 46.0 Å². The number of hydrogen-bond donors (Lipinski definition) is 0. The van der Waals surface area contributed by atoms with Crippen LogP contribution in [0.2, 0.25) is 0 Å². The van der Waals surface area contributed by atoms with Crippen molar-refractivity contribution in [3.63, 3.8) is 0 Å². The molecule has 0 radical (unpaired) electrons. The summed E-state index contributed by atoms with van der Waals surface area (Å²) in [5, 5.41) is 0. The number of hydrogen-bond acceptors (Lipinski definition) is 4. The Morgan fingerprint density at radius 1 is 0.955 bits per heavy atom. The van der Waals surface area contributed by atoms with E-state index in [4.69, 9.17) is 0 Å². The topological polar surface area (TPSA) is 13.0 Å². The molecular weight excluding hydrogens is 272 g/mol. The third kappa shape index (κ3) is 4.02. The molecule has 0 aromatic heterocycles. The average Bonchev–Trinajstić information content (AvgIpc) is 3.14. The number of piperidine rings is 1.